The maximum Gasteiger partial charge on any atom is 0.253 e. The van der Waals surface area contributed by atoms with Crippen molar-refractivity contribution in [3.05, 3.63) is 87.4 Å². The van der Waals surface area contributed by atoms with Crippen LogP contribution in [0.1, 0.15) is 28.4 Å². The van der Waals surface area contributed by atoms with Gasteiger partial charge < -0.3 is 15.4 Å². The molecule has 0 saturated carbocycles. The number of hydrogen-bond donors (Lipinski definition) is 2. The lowest BCUT2D eigenvalue weighted by molar-refractivity contribution is -0.122. The number of carbonyl (C=O) groups excluding carboxylic acids is 2. The number of amides is 2. The molecule has 1 aliphatic heterocycles. The molecule has 1 heterocycles. The molecule has 32 heavy (non-hydrogen) atoms. The first-order valence-electron chi connectivity index (χ1n) is 10.3. The summed E-state index contributed by atoms with van der Waals surface area (Å²) in [6, 6.07) is 18.3. The Bertz CT molecular complexity index is 1160. The van der Waals surface area contributed by atoms with Gasteiger partial charge in [-0.1, -0.05) is 59.6 Å². The van der Waals surface area contributed by atoms with E-state index in [0.29, 0.717) is 6.54 Å². The van der Waals surface area contributed by atoms with Crippen molar-refractivity contribution >= 4 is 35.0 Å². The molecule has 3 aromatic rings. The van der Waals surface area contributed by atoms with Crippen LogP contribution >= 0.6 is 23.2 Å². The van der Waals surface area contributed by atoms with E-state index in [0.717, 1.165) is 35.5 Å². The van der Waals surface area contributed by atoms with Crippen molar-refractivity contribution in [2.24, 2.45) is 0 Å². The molecule has 0 saturated heterocycles. The van der Waals surface area contributed by atoms with Gasteiger partial charge in [-0.05, 0) is 53.4 Å². The van der Waals surface area contributed by atoms with Gasteiger partial charge in [0, 0.05) is 13.0 Å². The van der Waals surface area contributed by atoms with Crippen LogP contribution in [0.5, 0.6) is 5.75 Å². The van der Waals surface area contributed by atoms with E-state index in [9.17, 15) is 9.59 Å². The molecule has 2 amide bonds. The van der Waals surface area contributed by atoms with Crippen LogP contribution in [0, 0.1) is 0 Å². The van der Waals surface area contributed by atoms with Crippen LogP contribution < -0.4 is 15.4 Å². The maximum atomic E-state index is 12.4. The third-order valence-electron chi connectivity index (χ3n) is 5.38. The average Bonchev–Trinajstić information content (AvgIpc) is 3.27. The second-order valence-electron chi connectivity index (χ2n) is 7.63. The van der Waals surface area contributed by atoms with Crippen molar-refractivity contribution in [3.8, 4) is 16.9 Å². The number of rotatable bonds is 6. The van der Waals surface area contributed by atoms with E-state index >= 15 is 0 Å². The summed E-state index contributed by atoms with van der Waals surface area (Å²) in [6.07, 6.45) is 0.936. The highest BCUT2D eigenvalue weighted by molar-refractivity contribution is 6.43. The van der Waals surface area contributed by atoms with Crippen molar-refractivity contribution in [1.29, 1.82) is 0 Å². The molecule has 5 nitrogen and oxygen atoms in total. The summed E-state index contributed by atoms with van der Waals surface area (Å²) in [7, 11) is 0. The zero-order valence-corrected chi connectivity index (χ0v) is 19.0. The van der Waals surface area contributed by atoms with Crippen molar-refractivity contribution in [3.63, 3.8) is 0 Å². The van der Waals surface area contributed by atoms with Crippen LogP contribution in [0.2, 0.25) is 10.0 Å². The van der Waals surface area contributed by atoms with Crippen LogP contribution in [-0.4, -0.2) is 24.5 Å². The van der Waals surface area contributed by atoms with Gasteiger partial charge in [0.2, 0.25) is 5.91 Å². The SMILES string of the molecule is CC(NC(=O)c1cccc(Cl)c1Cl)C(=O)NCc1ccc(-c2ccc3c(c2)CCO3)cc1. The molecular weight excluding hydrogens is 447 g/mol. The number of carbonyl (C=O) groups is 2. The number of hydrogen-bond acceptors (Lipinski definition) is 3. The first-order valence-corrected chi connectivity index (χ1v) is 11.1. The Hall–Kier alpha value is -3.02. The minimum absolute atomic E-state index is 0.162. The van der Waals surface area contributed by atoms with E-state index < -0.39 is 11.9 Å². The van der Waals surface area contributed by atoms with Crippen molar-refractivity contribution < 1.29 is 14.3 Å². The lowest BCUT2D eigenvalue weighted by Gasteiger charge is -2.15. The summed E-state index contributed by atoms with van der Waals surface area (Å²) < 4.78 is 5.56. The van der Waals surface area contributed by atoms with E-state index in [-0.39, 0.29) is 21.5 Å². The summed E-state index contributed by atoms with van der Waals surface area (Å²) in [5.74, 6) is 0.218. The topological polar surface area (TPSA) is 67.4 Å². The monoisotopic (exact) mass is 468 g/mol. The maximum absolute atomic E-state index is 12.4. The Labute approximate surface area is 196 Å². The minimum atomic E-state index is -0.731. The fourth-order valence-corrected chi connectivity index (χ4v) is 3.93. The molecule has 0 aliphatic carbocycles. The first kappa shape index (κ1) is 22.2. The van der Waals surface area contributed by atoms with Gasteiger partial charge in [0.05, 0.1) is 22.2 Å². The van der Waals surface area contributed by atoms with Gasteiger partial charge in [0.1, 0.15) is 11.8 Å². The molecule has 4 rings (SSSR count). The Kier molecular flexibility index (Phi) is 6.68. The standard InChI is InChI=1S/C25H22Cl2N2O3/c1-15(29-25(31)20-3-2-4-21(26)23(20)27)24(30)28-14-16-5-7-17(8-6-16)18-9-10-22-19(13-18)11-12-32-22/h2-10,13,15H,11-12,14H2,1H3,(H,28,30)(H,29,31). The van der Waals surface area contributed by atoms with Gasteiger partial charge in [-0.25, -0.2) is 0 Å². The van der Waals surface area contributed by atoms with Crippen LogP contribution in [0.25, 0.3) is 11.1 Å². The van der Waals surface area contributed by atoms with Crippen molar-refractivity contribution in [2.75, 3.05) is 6.61 Å². The zero-order valence-electron chi connectivity index (χ0n) is 17.5. The highest BCUT2D eigenvalue weighted by Gasteiger charge is 2.19. The summed E-state index contributed by atoms with van der Waals surface area (Å²) in [5.41, 5.74) is 4.67. The quantitative estimate of drug-likeness (QED) is 0.532. The highest BCUT2D eigenvalue weighted by Crippen LogP contribution is 2.30. The third kappa shape index (κ3) is 4.90. The number of nitrogens with one attached hydrogen (secondary N) is 2. The van der Waals surface area contributed by atoms with Crippen LogP contribution in [0.4, 0.5) is 0 Å². The Morgan fingerprint density at radius 2 is 1.78 bits per heavy atom. The third-order valence-corrected chi connectivity index (χ3v) is 6.20. The molecule has 1 aliphatic rings. The molecule has 1 atom stereocenters. The molecule has 1 unspecified atom stereocenters. The molecule has 0 fully saturated rings. The van der Waals surface area contributed by atoms with Gasteiger partial charge in [0.15, 0.2) is 0 Å². The lowest BCUT2D eigenvalue weighted by atomic mass is 10.0. The first-order chi connectivity index (χ1) is 15.4. The Balaban J connectivity index is 1.32. The fraction of sp³-hybridized carbons (Fsp3) is 0.200. The summed E-state index contributed by atoms with van der Waals surface area (Å²) >= 11 is 12.0. The second-order valence-corrected chi connectivity index (χ2v) is 8.42. The summed E-state index contributed by atoms with van der Waals surface area (Å²) in [6.45, 7) is 2.71. The fourth-order valence-electron chi connectivity index (χ4n) is 3.54. The van der Waals surface area contributed by atoms with Gasteiger partial charge >= 0.3 is 0 Å². The smallest absolute Gasteiger partial charge is 0.253 e. The summed E-state index contributed by atoms with van der Waals surface area (Å²) in [5, 5.41) is 5.94. The second kappa shape index (κ2) is 9.63. The van der Waals surface area contributed by atoms with Crippen molar-refractivity contribution in [1.82, 2.24) is 10.6 Å². The van der Waals surface area contributed by atoms with E-state index in [4.69, 9.17) is 27.9 Å². The van der Waals surface area contributed by atoms with Gasteiger partial charge in [-0.2, -0.15) is 0 Å². The predicted octanol–water partition coefficient (Wildman–Crippen LogP) is 5.03. The molecule has 164 valence electrons. The summed E-state index contributed by atoms with van der Waals surface area (Å²) in [4.78, 5) is 24.8. The number of fused-ring (bicyclic) bond motifs is 1. The van der Waals surface area contributed by atoms with E-state index in [1.54, 1.807) is 25.1 Å². The lowest BCUT2D eigenvalue weighted by Crippen LogP contribution is -2.44. The molecule has 7 heteroatoms. The van der Waals surface area contributed by atoms with E-state index in [1.807, 2.05) is 30.3 Å². The van der Waals surface area contributed by atoms with Crippen molar-refractivity contribution in [2.45, 2.75) is 25.9 Å². The molecule has 2 N–H and O–H groups in total. The van der Waals surface area contributed by atoms with Crippen LogP contribution in [-0.2, 0) is 17.8 Å². The largest absolute Gasteiger partial charge is 0.493 e. The normalized spacial score (nSPS) is 13.1. The number of ether oxygens (including phenoxy) is 1. The van der Waals surface area contributed by atoms with E-state index in [2.05, 4.69) is 22.8 Å². The van der Waals surface area contributed by atoms with Gasteiger partial charge in [0.25, 0.3) is 5.91 Å². The average molecular weight is 469 g/mol. The van der Waals surface area contributed by atoms with Crippen LogP contribution in [0.15, 0.2) is 60.7 Å². The molecule has 0 bridgehead atoms. The molecule has 0 spiro atoms. The molecule has 0 aromatic heterocycles. The van der Waals surface area contributed by atoms with Gasteiger partial charge in [-0.15, -0.1) is 0 Å². The number of benzene rings is 3. The predicted molar refractivity (Wildman–Crippen MR) is 126 cm³/mol. The van der Waals surface area contributed by atoms with Crippen LogP contribution in [0.3, 0.4) is 0 Å². The Morgan fingerprint density at radius 3 is 2.56 bits per heavy atom. The van der Waals surface area contributed by atoms with Gasteiger partial charge in [-0.3, -0.25) is 9.59 Å². The van der Waals surface area contributed by atoms with E-state index in [1.165, 1.54) is 5.56 Å². The molecular formula is C25H22Cl2N2O3. The molecule has 0 radical (unpaired) electrons. The Morgan fingerprint density at radius 1 is 1.03 bits per heavy atom. The minimum Gasteiger partial charge on any atom is -0.493 e. The number of halogens is 2. The zero-order chi connectivity index (χ0) is 22.7. The highest BCUT2D eigenvalue weighted by atomic mass is 35.5. The molecule has 3 aromatic carbocycles.